The molecule has 0 aliphatic rings. The second kappa shape index (κ2) is 8.02. The fourth-order valence-corrected chi connectivity index (χ4v) is 3.08. The van der Waals surface area contributed by atoms with E-state index in [4.69, 9.17) is 9.47 Å². The zero-order valence-electron chi connectivity index (χ0n) is 16.1. The Morgan fingerprint density at radius 3 is 2.52 bits per heavy atom. The van der Waals surface area contributed by atoms with Gasteiger partial charge in [-0.05, 0) is 48.0 Å². The van der Waals surface area contributed by atoms with Gasteiger partial charge in [-0.1, -0.05) is 18.2 Å². The van der Waals surface area contributed by atoms with Crippen molar-refractivity contribution < 1.29 is 14.3 Å². The largest absolute Gasteiger partial charge is 0.493 e. The highest BCUT2D eigenvalue weighted by Crippen LogP contribution is 2.28. The van der Waals surface area contributed by atoms with E-state index >= 15 is 0 Å². The van der Waals surface area contributed by atoms with Gasteiger partial charge in [0.15, 0.2) is 17.1 Å². The Labute approximate surface area is 167 Å². The van der Waals surface area contributed by atoms with Crippen molar-refractivity contribution in [1.82, 2.24) is 14.6 Å². The van der Waals surface area contributed by atoms with Crippen LogP contribution in [0.4, 0.5) is 5.69 Å². The van der Waals surface area contributed by atoms with Crippen LogP contribution in [0.2, 0.25) is 0 Å². The minimum atomic E-state index is -0.220. The van der Waals surface area contributed by atoms with Crippen molar-refractivity contribution in [2.45, 2.75) is 6.42 Å². The molecule has 0 fully saturated rings. The molecule has 2 aromatic carbocycles. The molecule has 2 heterocycles. The third-order valence-electron chi connectivity index (χ3n) is 4.60. The molecule has 1 N–H and O–H groups in total. The summed E-state index contributed by atoms with van der Waals surface area (Å²) in [6.07, 6.45) is 2.59. The van der Waals surface area contributed by atoms with Gasteiger partial charge >= 0.3 is 0 Å². The van der Waals surface area contributed by atoms with Gasteiger partial charge in [0, 0.05) is 23.9 Å². The molecule has 0 aliphatic heterocycles. The van der Waals surface area contributed by atoms with Crippen LogP contribution in [-0.4, -0.2) is 34.7 Å². The van der Waals surface area contributed by atoms with Crippen LogP contribution >= 0.6 is 0 Å². The number of benzene rings is 2. The third kappa shape index (κ3) is 3.89. The number of aromatic nitrogens is 3. The first-order chi connectivity index (χ1) is 14.2. The van der Waals surface area contributed by atoms with Crippen molar-refractivity contribution in [2.24, 2.45) is 0 Å². The first-order valence-electron chi connectivity index (χ1n) is 9.09. The van der Waals surface area contributed by atoms with Gasteiger partial charge in [0.1, 0.15) is 5.82 Å². The summed E-state index contributed by atoms with van der Waals surface area (Å²) < 4.78 is 12.4. The lowest BCUT2D eigenvalue weighted by atomic mass is 10.1. The summed E-state index contributed by atoms with van der Waals surface area (Å²) in [6, 6.07) is 18.5. The lowest BCUT2D eigenvalue weighted by Gasteiger charge is -2.10. The average molecular weight is 388 g/mol. The van der Waals surface area contributed by atoms with E-state index in [9.17, 15) is 4.79 Å². The van der Waals surface area contributed by atoms with Gasteiger partial charge in [0.25, 0.3) is 5.91 Å². The van der Waals surface area contributed by atoms with Gasteiger partial charge in [0.05, 0.1) is 14.2 Å². The van der Waals surface area contributed by atoms with Crippen molar-refractivity contribution >= 4 is 17.2 Å². The Morgan fingerprint density at radius 1 is 0.966 bits per heavy atom. The van der Waals surface area contributed by atoms with Gasteiger partial charge in [-0.15, -0.1) is 10.2 Å². The van der Waals surface area contributed by atoms with Crippen LogP contribution in [0.3, 0.4) is 0 Å². The summed E-state index contributed by atoms with van der Waals surface area (Å²) in [6.45, 7) is 0. The first kappa shape index (κ1) is 18.5. The van der Waals surface area contributed by atoms with Crippen molar-refractivity contribution in [3.8, 4) is 11.5 Å². The fraction of sp³-hybridized carbons (Fsp3) is 0.136. The summed E-state index contributed by atoms with van der Waals surface area (Å²) >= 11 is 0. The van der Waals surface area contributed by atoms with Crippen LogP contribution in [0.25, 0.3) is 5.65 Å². The predicted molar refractivity (Wildman–Crippen MR) is 110 cm³/mol. The molecule has 2 aromatic heterocycles. The van der Waals surface area contributed by atoms with Crippen molar-refractivity contribution in [1.29, 1.82) is 0 Å². The first-order valence-corrected chi connectivity index (χ1v) is 9.09. The van der Waals surface area contributed by atoms with E-state index in [1.807, 2.05) is 53.1 Å². The van der Waals surface area contributed by atoms with Gasteiger partial charge in [0.2, 0.25) is 0 Å². The maximum Gasteiger partial charge on any atom is 0.255 e. The summed E-state index contributed by atoms with van der Waals surface area (Å²) in [5.41, 5.74) is 3.09. The van der Waals surface area contributed by atoms with Crippen molar-refractivity contribution in [3.63, 3.8) is 0 Å². The van der Waals surface area contributed by atoms with E-state index in [0.717, 1.165) is 17.0 Å². The van der Waals surface area contributed by atoms with E-state index in [0.29, 0.717) is 29.2 Å². The standard InChI is InChI=1S/C22H20N4O3/c1-28-18-11-8-16(14-19(18)29-2)22(27)23-17-9-6-15(7-10-17)13-21-25-24-20-5-3-4-12-26(20)21/h3-12,14H,13H2,1-2H3,(H,23,27). The molecule has 7 nitrogen and oxygen atoms in total. The Hall–Kier alpha value is -3.87. The lowest BCUT2D eigenvalue weighted by molar-refractivity contribution is 0.102. The van der Waals surface area contributed by atoms with E-state index in [-0.39, 0.29) is 5.91 Å². The summed E-state index contributed by atoms with van der Waals surface area (Å²) in [7, 11) is 3.10. The average Bonchev–Trinajstić information content (AvgIpc) is 3.17. The normalized spacial score (nSPS) is 10.7. The van der Waals surface area contributed by atoms with Crippen LogP contribution in [-0.2, 0) is 6.42 Å². The molecule has 0 aliphatic carbocycles. The summed E-state index contributed by atoms with van der Waals surface area (Å²) in [5, 5.41) is 11.3. The zero-order chi connectivity index (χ0) is 20.2. The zero-order valence-corrected chi connectivity index (χ0v) is 16.1. The quantitative estimate of drug-likeness (QED) is 0.546. The second-order valence-corrected chi connectivity index (χ2v) is 6.44. The maximum atomic E-state index is 12.5. The molecule has 0 atom stereocenters. The highest BCUT2D eigenvalue weighted by atomic mass is 16.5. The van der Waals surface area contributed by atoms with Crippen LogP contribution in [0, 0.1) is 0 Å². The molecule has 7 heteroatoms. The topological polar surface area (TPSA) is 77.8 Å². The minimum Gasteiger partial charge on any atom is -0.493 e. The molecular weight excluding hydrogens is 368 g/mol. The smallest absolute Gasteiger partial charge is 0.255 e. The number of nitrogens with zero attached hydrogens (tertiary/aromatic N) is 3. The highest BCUT2D eigenvalue weighted by Gasteiger charge is 2.11. The number of methoxy groups -OCH3 is 2. The molecule has 1 amide bonds. The molecule has 0 radical (unpaired) electrons. The number of carbonyl (C=O) groups is 1. The molecular formula is C22H20N4O3. The van der Waals surface area contributed by atoms with Gasteiger partial charge in [-0.3, -0.25) is 9.20 Å². The lowest BCUT2D eigenvalue weighted by Crippen LogP contribution is -2.12. The number of carbonyl (C=O) groups excluding carboxylic acids is 1. The number of pyridine rings is 1. The fourth-order valence-electron chi connectivity index (χ4n) is 3.08. The number of nitrogens with one attached hydrogen (secondary N) is 1. The predicted octanol–water partition coefficient (Wildman–Crippen LogP) is 3.59. The number of anilines is 1. The van der Waals surface area contributed by atoms with Crippen LogP contribution in [0.15, 0.2) is 66.9 Å². The van der Waals surface area contributed by atoms with Crippen molar-refractivity contribution in [3.05, 3.63) is 83.8 Å². The second-order valence-electron chi connectivity index (χ2n) is 6.44. The van der Waals surface area contributed by atoms with Gasteiger partial charge in [-0.25, -0.2) is 0 Å². The number of amides is 1. The Balaban J connectivity index is 1.46. The number of hydrogen-bond donors (Lipinski definition) is 1. The van der Waals surface area contributed by atoms with E-state index in [2.05, 4.69) is 15.5 Å². The Kier molecular flexibility index (Phi) is 5.11. The minimum absolute atomic E-state index is 0.220. The molecule has 146 valence electrons. The molecule has 0 saturated carbocycles. The molecule has 0 bridgehead atoms. The Morgan fingerprint density at radius 2 is 1.76 bits per heavy atom. The molecule has 4 rings (SSSR count). The maximum absolute atomic E-state index is 12.5. The van der Waals surface area contributed by atoms with E-state index in [1.165, 1.54) is 7.11 Å². The number of hydrogen-bond acceptors (Lipinski definition) is 5. The molecule has 0 saturated heterocycles. The van der Waals surface area contributed by atoms with Crippen molar-refractivity contribution in [2.75, 3.05) is 19.5 Å². The summed E-state index contributed by atoms with van der Waals surface area (Å²) in [4.78, 5) is 12.5. The molecule has 29 heavy (non-hydrogen) atoms. The number of ether oxygens (including phenoxy) is 2. The number of rotatable bonds is 6. The molecule has 0 spiro atoms. The van der Waals surface area contributed by atoms with E-state index < -0.39 is 0 Å². The molecule has 0 unspecified atom stereocenters. The van der Waals surface area contributed by atoms with Crippen LogP contribution in [0.1, 0.15) is 21.7 Å². The van der Waals surface area contributed by atoms with Crippen LogP contribution < -0.4 is 14.8 Å². The third-order valence-corrected chi connectivity index (χ3v) is 4.60. The Bertz CT molecular complexity index is 1150. The van der Waals surface area contributed by atoms with Gasteiger partial charge < -0.3 is 14.8 Å². The number of fused-ring (bicyclic) bond motifs is 1. The molecule has 4 aromatic rings. The monoisotopic (exact) mass is 388 g/mol. The van der Waals surface area contributed by atoms with Gasteiger partial charge in [-0.2, -0.15) is 0 Å². The van der Waals surface area contributed by atoms with E-state index in [1.54, 1.807) is 25.3 Å². The summed E-state index contributed by atoms with van der Waals surface area (Å²) in [5.74, 6) is 1.73. The SMILES string of the molecule is COc1ccc(C(=O)Nc2ccc(Cc3nnc4ccccn34)cc2)cc1OC. The van der Waals surface area contributed by atoms with Crippen LogP contribution in [0.5, 0.6) is 11.5 Å². The highest BCUT2D eigenvalue weighted by molar-refractivity contribution is 6.04.